The molecular weight excluding hydrogens is 250 g/mol. The van der Waals surface area contributed by atoms with Gasteiger partial charge in [-0.1, -0.05) is 0 Å². The van der Waals surface area contributed by atoms with E-state index in [-0.39, 0.29) is 11.4 Å². The molecule has 1 saturated heterocycles. The first-order valence-electron chi connectivity index (χ1n) is 7.51. The number of aryl methyl sites for hydroxylation is 1. The molecule has 0 saturated carbocycles. The van der Waals surface area contributed by atoms with E-state index in [9.17, 15) is 4.79 Å². The molecule has 0 aliphatic carbocycles. The number of nitrogens with zero attached hydrogens (tertiary/aromatic N) is 3. The Morgan fingerprint density at radius 3 is 2.55 bits per heavy atom. The van der Waals surface area contributed by atoms with Crippen molar-refractivity contribution in [2.45, 2.75) is 39.2 Å². The van der Waals surface area contributed by atoms with Crippen LogP contribution in [0.5, 0.6) is 0 Å². The Hall–Kier alpha value is -1.29. The summed E-state index contributed by atoms with van der Waals surface area (Å²) >= 11 is 0. The normalized spacial score (nSPS) is 18.1. The first-order chi connectivity index (χ1) is 9.38. The first kappa shape index (κ1) is 15.1. The van der Waals surface area contributed by atoms with E-state index >= 15 is 0 Å². The van der Waals surface area contributed by atoms with Gasteiger partial charge < -0.3 is 9.47 Å². The van der Waals surface area contributed by atoms with Crippen LogP contribution in [0.15, 0.2) is 18.3 Å². The van der Waals surface area contributed by atoms with Crippen LogP contribution in [0.25, 0.3) is 0 Å². The number of aromatic nitrogens is 1. The maximum atomic E-state index is 12.4. The maximum Gasteiger partial charge on any atom is 0.228 e. The van der Waals surface area contributed by atoms with E-state index in [1.54, 1.807) is 0 Å². The van der Waals surface area contributed by atoms with E-state index in [1.807, 2.05) is 34.8 Å². The van der Waals surface area contributed by atoms with E-state index < -0.39 is 0 Å². The zero-order chi connectivity index (χ0) is 14.8. The summed E-state index contributed by atoms with van der Waals surface area (Å²) < 4.78 is 2.02. The zero-order valence-electron chi connectivity index (χ0n) is 13.2. The second kappa shape index (κ2) is 6.00. The lowest BCUT2D eigenvalue weighted by Gasteiger charge is -2.34. The predicted octanol–water partition coefficient (Wildman–Crippen LogP) is 1.90. The Morgan fingerprint density at radius 2 is 1.95 bits per heavy atom. The molecule has 4 nitrogen and oxygen atoms in total. The van der Waals surface area contributed by atoms with Gasteiger partial charge in [0.1, 0.15) is 0 Å². The summed E-state index contributed by atoms with van der Waals surface area (Å²) in [4.78, 5) is 16.9. The molecule has 0 atom stereocenters. The second-order valence-corrected chi connectivity index (χ2v) is 6.68. The lowest BCUT2D eigenvalue weighted by atomic mass is 10.1. The minimum Gasteiger partial charge on any atom is -0.354 e. The third kappa shape index (κ3) is 3.63. The molecule has 4 heteroatoms. The summed E-state index contributed by atoms with van der Waals surface area (Å²) in [6.07, 6.45) is 3.57. The molecule has 1 aromatic rings. The number of carbonyl (C=O) groups excluding carboxylic acids is 1. The summed E-state index contributed by atoms with van der Waals surface area (Å²) in [6.45, 7) is 10.5. The molecule has 1 amide bonds. The monoisotopic (exact) mass is 277 g/mol. The van der Waals surface area contributed by atoms with Gasteiger partial charge in [0.25, 0.3) is 0 Å². The van der Waals surface area contributed by atoms with Crippen LogP contribution in [-0.2, 0) is 18.3 Å². The van der Waals surface area contributed by atoms with Crippen molar-refractivity contribution in [3.8, 4) is 0 Å². The summed E-state index contributed by atoms with van der Waals surface area (Å²) in [7, 11) is 1.99. The number of amides is 1. The van der Waals surface area contributed by atoms with Gasteiger partial charge in [0, 0.05) is 50.7 Å². The van der Waals surface area contributed by atoms with Crippen LogP contribution in [0.4, 0.5) is 0 Å². The van der Waals surface area contributed by atoms with Gasteiger partial charge in [-0.2, -0.15) is 0 Å². The van der Waals surface area contributed by atoms with E-state index in [4.69, 9.17) is 0 Å². The summed E-state index contributed by atoms with van der Waals surface area (Å²) in [5, 5.41) is 0. The van der Waals surface area contributed by atoms with Crippen LogP contribution in [0.3, 0.4) is 0 Å². The molecule has 0 spiro atoms. The van der Waals surface area contributed by atoms with Crippen molar-refractivity contribution in [3.63, 3.8) is 0 Å². The first-order valence-corrected chi connectivity index (χ1v) is 7.51. The molecule has 1 aromatic heterocycles. The second-order valence-electron chi connectivity index (χ2n) is 6.68. The molecule has 2 rings (SSSR count). The van der Waals surface area contributed by atoms with Crippen molar-refractivity contribution >= 4 is 5.91 Å². The highest BCUT2D eigenvalue weighted by atomic mass is 16.2. The van der Waals surface area contributed by atoms with Gasteiger partial charge in [-0.3, -0.25) is 9.69 Å². The summed E-state index contributed by atoms with van der Waals surface area (Å²) in [5.74, 6) is 0.252. The van der Waals surface area contributed by atoms with E-state index in [2.05, 4.69) is 25.7 Å². The molecule has 0 aromatic carbocycles. The van der Waals surface area contributed by atoms with Gasteiger partial charge in [-0.15, -0.1) is 0 Å². The predicted molar refractivity (Wildman–Crippen MR) is 81.6 cm³/mol. The van der Waals surface area contributed by atoms with Crippen molar-refractivity contribution in [1.29, 1.82) is 0 Å². The fourth-order valence-corrected chi connectivity index (χ4v) is 2.78. The minimum absolute atomic E-state index is 0.192. The fraction of sp³-hybridized carbons (Fsp3) is 0.688. The molecule has 0 unspecified atom stereocenters. The highest BCUT2D eigenvalue weighted by molar-refractivity contribution is 5.78. The number of hydrogen-bond acceptors (Lipinski definition) is 2. The third-order valence-corrected chi connectivity index (χ3v) is 4.18. The van der Waals surface area contributed by atoms with Crippen LogP contribution < -0.4 is 0 Å². The molecular formula is C16H27N3O. The Kier molecular flexibility index (Phi) is 4.53. The number of rotatable bonds is 2. The van der Waals surface area contributed by atoms with Gasteiger partial charge in [-0.05, 0) is 39.3 Å². The maximum absolute atomic E-state index is 12.4. The Labute approximate surface area is 122 Å². The summed E-state index contributed by atoms with van der Waals surface area (Å²) in [5.41, 5.74) is 1.28. The van der Waals surface area contributed by atoms with Crippen molar-refractivity contribution < 1.29 is 4.79 Å². The largest absolute Gasteiger partial charge is 0.354 e. The van der Waals surface area contributed by atoms with Gasteiger partial charge in [-0.25, -0.2) is 0 Å². The van der Waals surface area contributed by atoms with Gasteiger partial charge in [0.15, 0.2) is 0 Å². The van der Waals surface area contributed by atoms with Crippen LogP contribution in [0.2, 0.25) is 0 Å². The Balaban J connectivity index is 1.93. The van der Waals surface area contributed by atoms with Crippen molar-refractivity contribution in [1.82, 2.24) is 14.4 Å². The molecule has 0 radical (unpaired) electrons. The Bertz CT molecular complexity index is 459. The molecule has 1 aliphatic rings. The van der Waals surface area contributed by atoms with Crippen LogP contribution >= 0.6 is 0 Å². The molecule has 0 bridgehead atoms. The SMILES string of the molecule is Cn1cccc1CC(=O)N1CCCN(C(C)(C)C)CC1. The lowest BCUT2D eigenvalue weighted by molar-refractivity contribution is -0.130. The molecule has 20 heavy (non-hydrogen) atoms. The smallest absolute Gasteiger partial charge is 0.228 e. The minimum atomic E-state index is 0.192. The number of hydrogen-bond donors (Lipinski definition) is 0. The average Bonchev–Trinajstić information content (AvgIpc) is 2.65. The Morgan fingerprint density at radius 1 is 1.20 bits per heavy atom. The van der Waals surface area contributed by atoms with Gasteiger partial charge in [0.05, 0.1) is 6.42 Å². The molecule has 0 N–H and O–H groups in total. The van der Waals surface area contributed by atoms with Gasteiger partial charge in [0.2, 0.25) is 5.91 Å². The third-order valence-electron chi connectivity index (χ3n) is 4.18. The lowest BCUT2D eigenvalue weighted by Crippen LogP contribution is -2.44. The van der Waals surface area contributed by atoms with Crippen LogP contribution in [0, 0.1) is 0 Å². The molecule has 2 heterocycles. The van der Waals surface area contributed by atoms with E-state index in [1.165, 1.54) is 0 Å². The van der Waals surface area contributed by atoms with Gasteiger partial charge >= 0.3 is 0 Å². The summed E-state index contributed by atoms with van der Waals surface area (Å²) in [6, 6.07) is 4.02. The fourth-order valence-electron chi connectivity index (χ4n) is 2.78. The average molecular weight is 277 g/mol. The molecule has 1 fully saturated rings. The van der Waals surface area contributed by atoms with E-state index in [0.717, 1.165) is 38.3 Å². The zero-order valence-corrected chi connectivity index (χ0v) is 13.2. The quantitative estimate of drug-likeness (QED) is 0.826. The topological polar surface area (TPSA) is 28.5 Å². The standard InChI is InChI=1S/C16H27N3O/c1-16(2,3)19-10-6-9-18(11-12-19)15(20)13-14-7-5-8-17(14)4/h5,7-8H,6,9-13H2,1-4H3. The molecule has 112 valence electrons. The molecule has 1 aliphatic heterocycles. The highest BCUT2D eigenvalue weighted by Crippen LogP contribution is 2.16. The van der Waals surface area contributed by atoms with E-state index in [0.29, 0.717) is 6.42 Å². The van der Waals surface area contributed by atoms with Crippen LogP contribution in [0.1, 0.15) is 32.9 Å². The number of carbonyl (C=O) groups is 1. The van der Waals surface area contributed by atoms with Crippen molar-refractivity contribution in [2.75, 3.05) is 26.2 Å². The van der Waals surface area contributed by atoms with Crippen molar-refractivity contribution in [2.24, 2.45) is 7.05 Å². The van der Waals surface area contributed by atoms with Crippen LogP contribution in [-0.4, -0.2) is 52.0 Å². The van der Waals surface area contributed by atoms with Crippen molar-refractivity contribution in [3.05, 3.63) is 24.0 Å². The highest BCUT2D eigenvalue weighted by Gasteiger charge is 2.25.